The monoisotopic (exact) mass is 308 g/mol. The Bertz CT molecular complexity index is 769. The van der Waals surface area contributed by atoms with Crippen LogP contribution in [0.4, 0.5) is 0 Å². The van der Waals surface area contributed by atoms with Gasteiger partial charge in [-0.15, -0.1) is 0 Å². The molecular weight excluding hydrogens is 292 g/mol. The minimum atomic E-state index is -3.66. The average molecular weight is 308 g/mol. The molecule has 3 N–H and O–H groups in total. The van der Waals surface area contributed by atoms with Gasteiger partial charge < -0.3 is 10.9 Å². The quantitative estimate of drug-likeness (QED) is 0.370. The van der Waals surface area contributed by atoms with Crippen LogP contribution in [0.15, 0.2) is 46.7 Å². The zero-order valence-corrected chi connectivity index (χ0v) is 12.3. The summed E-state index contributed by atoms with van der Waals surface area (Å²) < 4.78 is 26.4. The van der Waals surface area contributed by atoms with Gasteiger partial charge in [0.1, 0.15) is 5.84 Å². The molecule has 1 aromatic heterocycles. The molecule has 0 atom stereocenters. The van der Waals surface area contributed by atoms with Gasteiger partial charge in [0.25, 0.3) is 0 Å². The van der Waals surface area contributed by atoms with Gasteiger partial charge in [0.2, 0.25) is 10.0 Å². The molecule has 0 saturated heterocycles. The summed E-state index contributed by atoms with van der Waals surface area (Å²) >= 11 is 0. The molecule has 0 aliphatic rings. The summed E-state index contributed by atoms with van der Waals surface area (Å²) in [5, 5.41) is 12.7. The SMILES string of the molecule is CN(CC/C(N)=N/O)S(=O)(=O)c1cccc2cnccc12. The van der Waals surface area contributed by atoms with E-state index >= 15 is 0 Å². The summed E-state index contributed by atoms with van der Waals surface area (Å²) in [6, 6.07) is 6.70. The molecule has 0 unspecified atom stereocenters. The first-order chi connectivity index (χ1) is 9.96. The number of pyridine rings is 1. The Balaban J connectivity index is 2.38. The lowest BCUT2D eigenvalue weighted by molar-refractivity contribution is 0.316. The van der Waals surface area contributed by atoms with Crippen LogP contribution in [-0.2, 0) is 10.0 Å². The second-order valence-electron chi connectivity index (χ2n) is 4.52. The van der Waals surface area contributed by atoms with E-state index in [1.807, 2.05) is 0 Å². The second-order valence-corrected chi connectivity index (χ2v) is 6.53. The molecule has 7 nitrogen and oxygen atoms in total. The van der Waals surface area contributed by atoms with Gasteiger partial charge in [-0.3, -0.25) is 4.98 Å². The number of benzene rings is 1. The van der Waals surface area contributed by atoms with Gasteiger partial charge in [0.05, 0.1) is 4.90 Å². The summed E-state index contributed by atoms with van der Waals surface area (Å²) in [4.78, 5) is 4.20. The Morgan fingerprint density at radius 3 is 2.90 bits per heavy atom. The summed E-state index contributed by atoms with van der Waals surface area (Å²) in [5.41, 5.74) is 5.36. The van der Waals surface area contributed by atoms with Crippen molar-refractivity contribution in [1.29, 1.82) is 0 Å². The van der Waals surface area contributed by atoms with Gasteiger partial charge in [0, 0.05) is 43.2 Å². The highest BCUT2D eigenvalue weighted by Crippen LogP contribution is 2.24. The van der Waals surface area contributed by atoms with E-state index in [0.29, 0.717) is 5.39 Å². The fraction of sp³-hybridized carbons (Fsp3) is 0.231. The highest BCUT2D eigenvalue weighted by Gasteiger charge is 2.22. The van der Waals surface area contributed by atoms with Gasteiger partial charge in [-0.25, -0.2) is 12.7 Å². The molecule has 1 heterocycles. The highest BCUT2D eigenvalue weighted by atomic mass is 32.2. The number of fused-ring (bicyclic) bond motifs is 1. The first-order valence-corrected chi connectivity index (χ1v) is 7.66. The molecule has 0 bridgehead atoms. The van der Waals surface area contributed by atoms with E-state index in [2.05, 4.69) is 10.1 Å². The first-order valence-electron chi connectivity index (χ1n) is 6.22. The van der Waals surface area contributed by atoms with E-state index < -0.39 is 10.0 Å². The van der Waals surface area contributed by atoms with Crippen LogP contribution in [0, 0.1) is 0 Å². The third kappa shape index (κ3) is 3.11. The molecule has 1 aromatic carbocycles. The summed E-state index contributed by atoms with van der Waals surface area (Å²) in [5.74, 6) is -0.0147. The van der Waals surface area contributed by atoms with Crippen LogP contribution in [0.1, 0.15) is 6.42 Å². The molecule has 0 aliphatic carbocycles. The molecule has 2 aromatic rings. The van der Waals surface area contributed by atoms with E-state index in [9.17, 15) is 8.42 Å². The normalized spacial score (nSPS) is 13.0. The number of aromatic nitrogens is 1. The molecule has 0 saturated carbocycles. The van der Waals surface area contributed by atoms with E-state index in [4.69, 9.17) is 10.9 Å². The Labute approximate surface area is 122 Å². The van der Waals surface area contributed by atoms with Crippen LogP contribution < -0.4 is 5.73 Å². The van der Waals surface area contributed by atoms with Crippen molar-refractivity contribution in [2.75, 3.05) is 13.6 Å². The Hall–Kier alpha value is -2.19. The van der Waals surface area contributed by atoms with E-state index in [0.717, 1.165) is 5.39 Å². The number of nitrogens with two attached hydrogens (primary N) is 1. The summed E-state index contributed by atoms with van der Waals surface area (Å²) in [7, 11) is -2.20. The third-order valence-corrected chi connectivity index (χ3v) is 5.06. The molecule has 112 valence electrons. The lowest BCUT2D eigenvalue weighted by Gasteiger charge is -2.18. The zero-order chi connectivity index (χ0) is 15.5. The van der Waals surface area contributed by atoms with Crippen molar-refractivity contribution in [2.45, 2.75) is 11.3 Å². The van der Waals surface area contributed by atoms with Crippen molar-refractivity contribution < 1.29 is 13.6 Å². The van der Waals surface area contributed by atoms with Crippen molar-refractivity contribution in [1.82, 2.24) is 9.29 Å². The lowest BCUT2D eigenvalue weighted by atomic mass is 10.2. The van der Waals surface area contributed by atoms with Gasteiger partial charge in [-0.05, 0) is 12.1 Å². The van der Waals surface area contributed by atoms with Gasteiger partial charge in [-0.1, -0.05) is 17.3 Å². The maximum atomic E-state index is 12.6. The maximum absolute atomic E-state index is 12.6. The van der Waals surface area contributed by atoms with Crippen molar-refractivity contribution in [3.8, 4) is 0 Å². The van der Waals surface area contributed by atoms with Crippen molar-refractivity contribution in [3.63, 3.8) is 0 Å². The van der Waals surface area contributed by atoms with E-state index in [1.54, 1.807) is 36.7 Å². The number of hydrogen-bond acceptors (Lipinski definition) is 5. The molecule has 2 rings (SSSR count). The molecule has 0 spiro atoms. The predicted octanol–water partition coefficient (Wildman–Crippen LogP) is 0.992. The smallest absolute Gasteiger partial charge is 0.243 e. The number of hydrogen-bond donors (Lipinski definition) is 2. The number of sulfonamides is 1. The van der Waals surface area contributed by atoms with Crippen LogP contribution in [0.2, 0.25) is 0 Å². The van der Waals surface area contributed by atoms with Crippen LogP contribution in [0.25, 0.3) is 10.8 Å². The molecule has 0 radical (unpaired) electrons. The summed E-state index contributed by atoms with van der Waals surface area (Å²) in [6.07, 6.45) is 3.32. The van der Waals surface area contributed by atoms with Crippen molar-refractivity contribution in [3.05, 3.63) is 36.7 Å². The van der Waals surface area contributed by atoms with E-state index in [-0.39, 0.29) is 23.7 Å². The average Bonchev–Trinajstić information content (AvgIpc) is 2.51. The Kier molecular flexibility index (Phi) is 4.39. The van der Waals surface area contributed by atoms with Gasteiger partial charge >= 0.3 is 0 Å². The first kappa shape index (κ1) is 15.2. The number of amidine groups is 1. The van der Waals surface area contributed by atoms with E-state index in [1.165, 1.54) is 11.4 Å². The third-order valence-electron chi connectivity index (χ3n) is 3.14. The topological polar surface area (TPSA) is 109 Å². The fourth-order valence-electron chi connectivity index (χ4n) is 1.93. The lowest BCUT2D eigenvalue weighted by Crippen LogP contribution is -2.30. The van der Waals surface area contributed by atoms with Crippen molar-refractivity contribution in [2.24, 2.45) is 10.9 Å². The van der Waals surface area contributed by atoms with Gasteiger partial charge in [-0.2, -0.15) is 0 Å². The predicted molar refractivity (Wildman–Crippen MR) is 79.6 cm³/mol. The Morgan fingerprint density at radius 2 is 2.19 bits per heavy atom. The minimum Gasteiger partial charge on any atom is -0.409 e. The van der Waals surface area contributed by atoms with Crippen LogP contribution >= 0.6 is 0 Å². The molecule has 21 heavy (non-hydrogen) atoms. The van der Waals surface area contributed by atoms with Gasteiger partial charge in [0.15, 0.2) is 0 Å². The van der Waals surface area contributed by atoms with Crippen LogP contribution in [-0.4, -0.2) is 42.3 Å². The zero-order valence-electron chi connectivity index (χ0n) is 11.5. The maximum Gasteiger partial charge on any atom is 0.243 e. The molecule has 0 fully saturated rings. The summed E-state index contributed by atoms with van der Waals surface area (Å²) in [6.45, 7) is 0.125. The highest BCUT2D eigenvalue weighted by molar-refractivity contribution is 7.89. The molecule has 0 aliphatic heterocycles. The largest absolute Gasteiger partial charge is 0.409 e. The number of nitrogens with zero attached hydrogens (tertiary/aromatic N) is 3. The van der Waals surface area contributed by atoms with Crippen LogP contribution in [0.5, 0.6) is 0 Å². The minimum absolute atomic E-state index is 0.0147. The molecule has 0 amide bonds. The van der Waals surface area contributed by atoms with Crippen LogP contribution in [0.3, 0.4) is 0 Å². The number of oxime groups is 1. The molecular formula is C13H16N4O3S. The number of rotatable bonds is 5. The fourth-order valence-corrected chi connectivity index (χ4v) is 3.31. The Morgan fingerprint density at radius 1 is 1.43 bits per heavy atom. The standard InChI is InChI=1S/C13H16N4O3S/c1-17(8-6-13(14)16-18)21(19,20)12-4-2-3-10-9-15-7-5-11(10)12/h2-5,7,9,18H,6,8H2,1H3,(H2,14,16). The van der Waals surface area contributed by atoms with Crippen molar-refractivity contribution >= 4 is 26.6 Å². The second kappa shape index (κ2) is 6.06. The molecule has 8 heteroatoms.